The highest BCUT2D eigenvalue weighted by Gasteiger charge is 2.24. The summed E-state index contributed by atoms with van der Waals surface area (Å²) in [6, 6.07) is 11.3. The third-order valence-electron chi connectivity index (χ3n) is 3.77. The fourth-order valence-electron chi connectivity index (χ4n) is 2.65. The molecule has 0 aliphatic carbocycles. The Bertz CT molecular complexity index is 623. The van der Waals surface area contributed by atoms with Crippen molar-refractivity contribution in [2.24, 2.45) is 0 Å². The number of ether oxygens (including phenoxy) is 1. The van der Waals surface area contributed by atoms with Crippen LogP contribution < -0.4 is 0 Å². The molecular weight excluding hydrogens is 318 g/mol. The molecule has 0 saturated carbocycles. The van der Waals surface area contributed by atoms with Gasteiger partial charge in [0.05, 0.1) is 23.2 Å². The smallest absolute Gasteiger partial charge is 0.255 e. The minimum atomic E-state index is -0.0329. The Labute approximate surface area is 139 Å². The lowest BCUT2D eigenvalue weighted by Gasteiger charge is -2.25. The molecule has 2 aromatic rings. The lowest BCUT2D eigenvalue weighted by molar-refractivity contribution is 0.0510. The Kier molecular flexibility index (Phi) is 5.13. The van der Waals surface area contributed by atoms with E-state index in [4.69, 9.17) is 16.3 Å². The Balaban J connectivity index is 1.80. The van der Waals surface area contributed by atoms with Crippen LogP contribution in [-0.4, -0.2) is 30.1 Å². The number of rotatable bonds is 5. The van der Waals surface area contributed by atoms with Crippen molar-refractivity contribution in [2.45, 2.75) is 25.5 Å². The van der Waals surface area contributed by atoms with Crippen molar-refractivity contribution in [3.8, 4) is 0 Å². The van der Waals surface area contributed by atoms with E-state index in [0.717, 1.165) is 19.4 Å². The van der Waals surface area contributed by atoms with Crippen LogP contribution in [0.25, 0.3) is 0 Å². The molecule has 0 bridgehead atoms. The molecule has 2 heterocycles. The van der Waals surface area contributed by atoms with Crippen LogP contribution in [0.2, 0.25) is 5.02 Å². The predicted octanol–water partition coefficient (Wildman–Crippen LogP) is 4.22. The van der Waals surface area contributed by atoms with E-state index in [0.29, 0.717) is 23.7 Å². The van der Waals surface area contributed by atoms with Gasteiger partial charge in [-0.1, -0.05) is 29.8 Å². The van der Waals surface area contributed by atoms with Crippen LogP contribution in [0.3, 0.4) is 0 Å². The molecule has 1 unspecified atom stereocenters. The van der Waals surface area contributed by atoms with E-state index in [9.17, 15) is 4.79 Å². The molecule has 0 radical (unpaired) electrons. The zero-order valence-electron chi connectivity index (χ0n) is 12.2. The average molecular weight is 336 g/mol. The fraction of sp³-hybridized carbons (Fsp3) is 0.353. The van der Waals surface area contributed by atoms with E-state index in [-0.39, 0.29) is 12.0 Å². The van der Waals surface area contributed by atoms with Gasteiger partial charge >= 0.3 is 0 Å². The molecule has 3 rings (SSSR count). The van der Waals surface area contributed by atoms with Gasteiger partial charge < -0.3 is 9.64 Å². The van der Waals surface area contributed by atoms with E-state index >= 15 is 0 Å². The van der Waals surface area contributed by atoms with Gasteiger partial charge in [-0.05, 0) is 36.4 Å². The maximum atomic E-state index is 12.9. The van der Waals surface area contributed by atoms with Crippen molar-refractivity contribution in [3.63, 3.8) is 0 Å². The molecular formula is C17H18ClNO2S. The molecule has 1 fully saturated rings. The second-order valence-electron chi connectivity index (χ2n) is 5.38. The molecule has 1 saturated heterocycles. The molecule has 0 N–H and O–H groups in total. The number of amides is 1. The van der Waals surface area contributed by atoms with Crippen molar-refractivity contribution < 1.29 is 9.53 Å². The molecule has 1 aliphatic heterocycles. The quantitative estimate of drug-likeness (QED) is 0.818. The fourth-order valence-corrected chi connectivity index (χ4v) is 3.59. The predicted molar refractivity (Wildman–Crippen MR) is 89.5 cm³/mol. The van der Waals surface area contributed by atoms with Gasteiger partial charge in [0, 0.05) is 18.0 Å². The van der Waals surface area contributed by atoms with Gasteiger partial charge in [0.2, 0.25) is 0 Å². The van der Waals surface area contributed by atoms with Gasteiger partial charge in [0.1, 0.15) is 0 Å². The second-order valence-corrected chi connectivity index (χ2v) is 6.82. The molecule has 1 aliphatic rings. The molecule has 22 heavy (non-hydrogen) atoms. The first kappa shape index (κ1) is 15.5. The van der Waals surface area contributed by atoms with Crippen molar-refractivity contribution in [3.05, 3.63) is 57.2 Å². The van der Waals surface area contributed by atoms with Gasteiger partial charge in [-0.2, -0.15) is 0 Å². The molecule has 1 atom stereocenters. The summed E-state index contributed by atoms with van der Waals surface area (Å²) in [6.07, 6.45) is 2.21. The van der Waals surface area contributed by atoms with Crippen LogP contribution in [0.15, 0.2) is 41.8 Å². The third-order valence-corrected chi connectivity index (χ3v) is 4.96. The Morgan fingerprint density at radius 3 is 2.86 bits per heavy atom. The third kappa shape index (κ3) is 3.69. The van der Waals surface area contributed by atoms with E-state index in [1.807, 2.05) is 34.5 Å². The average Bonchev–Trinajstić information content (AvgIpc) is 3.20. The number of halogens is 1. The minimum absolute atomic E-state index is 0.0329. The first-order valence-corrected chi connectivity index (χ1v) is 8.67. The van der Waals surface area contributed by atoms with Crippen molar-refractivity contribution >= 4 is 28.8 Å². The van der Waals surface area contributed by atoms with Crippen LogP contribution in [0.4, 0.5) is 0 Å². The van der Waals surface area contributed by atoms with Gasteiger partial charge in [-0.25, -0.2) is 0 Å². The second kappa shape index (κ2) is 7.27. The zero-order valence-corrected chi connectivity index (χ0v) is 13.8. The summed E-state index contributed by atoms with van der Waals surface area (Å²) in [4.78, 5) is 15.9. The number of carbonyl (C=O) groups excluding carboxylic acids is 1. The highest BCUT2D eigenvalue weighted by molar-refractivity contribution is 7.09. The first-order valence-electron chi connectivity index (χ1n) is 7.42. The molecule has 1 aromatic heterocycles. The summed E-state index contributed by atoms with van der Waals surface area (Å²) in [5.74, 6) is -0.0329. The highest BCUT2D eigenvalue weighted by atomic mass is 35.5. The first-order chi connectivity index (χ1) is 10.7. The number of carbonyl (C=O) groups is 1. The SMILES string of the molecule is O=C(c1ccccc1Cl)N(Cc1cccs1)CC1CCCO1. The summed E-state index contributed by atoms with van der Waals surface area (Å²) >= 11 is 7.84. The standard InChI is InChI=1S/C17H18ClNO2S/c18-16-8-2-1-7-15(16)17(20)19(11-13-5-3-9-21-13)12-14-6-4-10-22-14/h1-2,4,6-8,10,13H,3,5,9,11-12H2. The van der Waals surface area contributed by atoms with Crippen molar-refractivity contribution in [1.29, 1.82) is 0 Å². The number of hydrogen-bond acceptors (Lipinski definition) is 3. The summed E-state index contributed by atoms with van der Waals surface area (Å²) in [6.45, 7) is 2.00. The van der Waals surface area contributed by atoms with Crippen LogP contribution >= 0.6 is 22.9 Å². The molecule has 116 valence electrons. The largest absolute Gasteiger partial charge is 0.376 e. The Morgan fingerprint density at radius 2 is 2.18 bits per heavy atom. The normalized spacial score (nSPS) is 17.6. The monoisotopic (exact) mass is 335 g/mol. The number of benzene rings is 1. The Morgan fingerprint density at radius 1 is 1.32 bits per heavy atom. The number of hydrogen-bond donors (Lipinski definition) is 0. The van der Waals surface area contributed by atoms with Crippen LogP contribution in [-0.2, 0) is 11.3 Å². The van der Waals surface area contributed by atoms with Crippen LogP contribution in [0.5, 0.6) is 0 Å². The topological polar surface area (TPSA) is 29.5 Å². The van der Waals surface area contributed by atoms with E-state index in [1.165, 1.54) is 4.88 Å². The zero-order chi connectivity index (χ0) is 15.4. The molecule has 1 aromatic carbocycles. The lowest BCUT2D eigenvalue weighted by atomic mass is 10.1. The van der Waals surface area contributed by atoms with Gasteiger partial charge in [0.25, 0.3) is 5.91 Å². The minimum Gasteiger partial charge on any atom is -0.376 e. The maximum absolute atomic E-state index is 12.9. The van der Waals surface area contributed by atoms with Gasteiger partial charge in [-0.3, -0.25) is 4.79 Å². The molecule has 1 amide bonds. The number of thiophene rings is 1. The maximum Gasteiger partial charge on any atom is 0.255 e. The highest BCUT2D eigenvalue weighted by Crippen LogP contribution is 2.22. The van der Waals surface area contributed by atoms with Crippen LogP contribution in [0.1, 0.15) is 28.1 Å². The van der Waals surface area contributed by atoms with Crippen molar-refractivity contribution in [1.82, 2.24) is 4.90 Å². The summed E-state index contributed by atoms with van der Waals surface area (Å²) in [5.41, 5.74) is 0.554. The van der Waals surface area contributed by atoms with Crippen LogP contribution in [0, 0.1) is 0 Å². The number of nitrogens with zero attached hydrogens (tertiary/aromatic N) is 1. The van der Waals surface area contributed by atoms with Gasteiger partial charge in [-0.15, -0.1) is 11.3 Å². The molecule has 5 heteroatoms. The lowest BCUT2D eigenvalue weighted by Crippen LogP contribution is -2.36. The molecule has 3 nitrogen and oxygen atoms in total. The van der Waals surface area contributed by atoms with E-state index < -0.39 is 0 Å². The summed E-state index contributed by atoms with van der Waals surface area (Å²) in [5, 5.41) is 2.52. The Hall–Kier alpha value is -1.36. The molecule has 0 spiro atoms. The van der Waals surface area contributed by atoms with Gasteiger partial charge in [0.15, 0.2) is 0 Å². The van der Waals surface area contributed by atoms with E-state index in [1.54, 1.807) is 23.5 Å². The summed E-state index contributed by atoms with van der Waals surface area (Å²) in [7, 11) is 0. The van der Waals surface area contributed by atoms with Crippen molar-refractivity contribution in [2.75, 3.05) is 13.2 Å². The summed E-state index contributed by atoms with van der Waals surface area (Å²) < 4.78 is 5.70. The van der Waals surface area contributed by atoms with E-state index in [2.05, 4.69) is 0 Å².